The fourth-order valence-electron chi connectivity index (χ4n) is 2.78. The average molecular weight is 425 g/mol. The first-order valence-corrected chi connectivity index (χ1v) is 8.96. The number of anilines is 1. The number of rotatable bonds is 5. The van der Waals surface area contributed by atoms with Crippen molar-refractivity contribution in [1.82, 2.24) is 29.7 Å². The Morgan fingerprint density at radius 3 is 2.45 bits per heavy atom. The van der Waals surface area contributed by atoms with Gasteiger partial charge in [0, 0.05) is 47.7 Å². The molecule has 0 radical (unpaired) electrons. The van der Waals surface area contributed by atoms with Crippen LogP contribution in [-0.2, 0) is 17.5 Å². The second-order valence-electron chi connectivity index (χ2n) is 6.46. The van der Waals surface area contributed by atoms with Gasteiger partial charge in [0.05, 0.1) is 6.20 Å². The summed E-state index contributed by atoms with van der Waals surface area (Å²) >= 11 is 0. The molecule has 0 unspecified atom stereocenters. The Morgan fingerprint density at radius 1 is 0.935 bits per heavy atom. The Kier molecular flexibility index (Phi) is 5.39. The van der Waals surface area contributed by atoms with Gasteiger partial charge in [0.15, 0.2) is 0 Å². The zero-order chi connectivity index (χ0) is 21.8. The maximum Gasteiger partial charge on any atom is 0.433 e. The molecule has 156 valence electrons. The molecule has 0 spiro atoms. The highest BCUT2D eigenvalue weighted by atomic mass is 19.4. The van der Waals surface area contributed by atoms with E-state index < -0.39 is 11.9 Å². The fourth-order valence-corrected chi connectivity index (χ4v) is 2.78. The molecule has 0 aliphatic heterocycles. The summed E-state index contributed by atoms with van der Waals surface area (Å²) in [5.74, 6) is -0.0365. The topological polar surface area (TPSA) is 98.5 Å². The van der Waals surface area contributed by atoms with Gasteiger partial charge in [-0.1, -0.05) is 0 Å². The zero-order valence-corrected chi connectivity index (χ0v) is 15.8. The third-order valence-electron chi connectivity index (χ3n) is 4.25. The highest BCUT2D eigenvalue weighted by Gasteiger charge is 2.32. The molecule has 0 atom stereocenters. The van der Waals surface area contributed by atoms with Crippen molar-refractivity contribution in [3.05, 3.63) is 73.5 Å². The largest absolute Gasteiger partial charge is 0.433 e. The minimum absolute atomic E-state index is 0.132. The van der Waals surface area contributed by atoms with Crippen LogP contribution in [0.3, 0.4) is 0 Å². The van der Waals surface area contributed by atoms with Crippen LogP contribution >= 0.6 is 0 Å². The highest BCUT2D eigenvalue weighted by Crippen LogP contribution is 2.30. The normalized spacial score (nSPS) is 11.3. The van der Waals surface area contributed by atoms with Crippen LogP contribution in [0, 0.1) is 0 Å². The molecule has 0 saturated carbocycles. The predicted molar refractivity (Wildman–Crippen MR) is 104 cm³/mol. The summed E-state index contributed by atoms with van der Waals surface area (Å²) in [6, 6.07) is 5.80. The Hall–Kier alpha value is -4.15. The Labute approximate surface area is 173 Å². The summed E-state index contributed by atoms with van der Waals surface area (Å²) in [6.45, 7) is -0.132. The van der Waals surface area contributed by atoms with Gasteiger partial charge in [-0.2, -0.15) is 18.3 Å². The molecule has 4 aromatic heterocycles. The second-order valence-corrected chi connectivity index (χ2v) is 6.46. The molecule has 4 heterocycles. The van der Waals surface area contributed by atoms with Gasteiger partial charge in [-0.05, 0) is 29.8 Å². The number of carbonyl (C=O) groups excluding carboxylic acids is 1. The number of nitrogens with one attached hydrogen (secondary N) is 1. The minimum atomic E-state index is -4.54. The number of nitrogens with zero attached hydrogens (tertiary/aromatic N) is 6. The second kappa shape index (κ2) is 8.30. The van der Waals surface area contributed by atoms with Gasteiger partial charge < -0.3 is 5.32 Å². The van der Waals surface area contributed by atoms with Crippen molar-refractivity contribution < 1.29 is 18.0 Å². The molecule has 31 heavy (non-hydrogen) atoms. The summed E-state index contributed by atoms with van der Waals surface area (Å²) < 4.78 is 39.9. The van der Waals surface area contributed by atoms with Crippen molar-refractivity contribution in [2.75, 3.05) is 5.32 Å². The number of halogens is 3. The number of hydrogen-bond donors (Lipinski definition) is 1. The molecule has 0 aliphatic carbocycles. The number of pyridine rings is 2. The molecule has 11 heteroatoms. The van der Waals surface area contributed by atoms with Crippen molar-refractivity contribution in [3.63, 3.8) is 0 Å². The van der Waals surface area contributed by atoms with E-state index in [0.717, 1.165) is 23.4 Å². The molecule has 8 nitrogen and oxygen atoms in total. The third kappa shape index (κ3) is 4.89. The van der Waals surface area contributed by atoms with Gasteiger partial charge >= 0.3 is 6.18 Å². The lowest BCUT2D eigenvalue weighted by Crippen LogP contribution is -2.19. The molecule has 0 bridgehead atoms. The summed E-state index contributed by atoms with van der Waals surface area (Å²) in [5.41, 5.74) is 1.34. The van der Waals surface area contributed by atoms with E-state index in [-0.39, 0.29) is 12.5 Å². The summed E-state index contributed by atoms with van der Waals surface area (Å²) in [6.07, 6.45) is 5.73. The summed E-state index contributed by atoms with van der Waals surface area (Å²) in [7, 11) is 0. The van der Waals surface area contributed by atoms with Crippen LogP contribution in [0.2, 0.25) is 0 Å². The van der Waals surface area contributed by atoms with Gasteiger partial charge in [-0.15, -0.1) is 0 Å². The van der Waals surface area contributed by atoms with Gasteiger partial charge in [0.2, 0.25) is 5.91 Å². The number of hydrogen-bond acceptors (Lipinski definition) is 6. The van der Waals surface area contributed by atoms with Crippen molar-refractivity contribution >= 4 is 11.7 Å². The first kappa shape index (κ1) is 20.1. The van der Waals surface area contributed by atoms with Crippen LogP contribution < -0.4 is 5.32 Å². The smallest absolute Gasteiger partial charge is 0.309 e. The molecule has 0 fully saturated rings. The van der Waals surface area contributed by atoms with Gasteiger partial charge in [0.1, 0.15) is 24.4 Å². The molecule has 1 amide bonds. The third-order valence-corrected chi connectivity index (χ3v) is 4.25. The maximum atomic E-state index is 12.8. The number of aromatic nitrogens is 6. The molecule has 0 aromatic carbocycles. The lowest BCUT2D eigenvalue weighted by molar-refractivity contribution is -0.141. The van der Waals surface area contributed by atoms with Crippen LogP contribution in [0.15, 0.2) is 67.8 Å². The Bertz CT molecular complexity index is 1190. The monoisotopic (exact) mass is 425 g/mol. The van der Waals surface area contributed by atoms with E-state index in [1.54, 1.807) is 30.7 Å². The first-order chi connectivity index (χ1) is 14.9. The van der Waals surface area contributed by atoms with Crippen LogP contribution in [0.1, 0.15) is 5.69 Å². The lowest BCUT2D eigenvalue weighted by Gasteiger charge is -2.07. The number of alkyl halides is 3. The Morgan fingerprint density at radius 2 is 1.74 bits per heavy atom. The van der Waals surface area contributed by atoms with E-state index >= 15 is 0 Å². The molecule has 4 aromatic rings. The van der Waals surface area contributed by atoms with E-state index in [1.165, 1.54) is 29.5 Å². The highest BCUT2D eigenvalue weighted by molar-refractivity contribution is 5.89. The molecular weight excluding hydrogens is 411 g/mol. The number of carbonyl (C=O) groups is 1. The lowest BCUT2D eigenvalue weighted by atomic mass is 10.1. The van der Waals surface area contributed by atoms with Gasteiger partial charge in [-0.3, -0.25) is 14.5 Å². The van der Waals surface area contributed by atoms with Gasteiger partial charge in [0.25, 0.3) is 0 Å². The average Bonchev–Trinajstić information content (AvgIpc) is 3.23. The fraction of sp³-hybridized carbons (Fsp3) is 0.100. The van der Waals surface area contributed by atoms with Crippen LogP contribution in [0.5, 0.6) is 0 Å². The summed E-state index contributed by atoms with van der Waals surface area (Å²) in [5, 5.41) is 6.69. The molecule has 4 rings (SSSR count). The quantitative estimate of drug-likeness (QED) is 0.526. The predicted octanol–water partition coefficient (Wildman–Crippen LogP) is 3.45. The van der Waals surface area contributed by atoms with Crippen molar-refractivity contribution in [1.29, 1.82) is 0 Å². The van der Waals surface area contributed by atoms with E-state index in [0.29, 0.717) is 16.9 Å². The van der Waals surface area contributed by atoms with E-state index in [1.807, 2.05) is 0 Å². The van der Waals surface area contributed by atoms with Gasteiger partial charge in [-0.25, -0.2) is 15.0 Å². The van der Waals surface area contributed by atoms with Crippen LogP contribution in [0.4, 0.5) is 19.0 Å². The molecule has 1 N–H and O–H groups in total. The molecular formula is C20H14F3N7O. The van der Waals surface area contributed by atoms with Crippen molar-refractivity contribution in [3.8, 4) is 22.3 Å². The van der Waals surface area contributed by atoms with Crippen LogP contribution in [-0.4, -0.2) is 35.6 Å². The minimum Gasteiger partial charge on any atom is -0.309 e. The SMILES string of the molecule is O=C(Cn1cc(-c2ccnc(C(F)(F)F)c2)cn1)Nc1ccc(-c2cncnc2)cn1. The maximum absolute atomic E-state index is 12.8. The standard InChI is InChI=1S/C20H14F3N7O/c21-20(22,23)17-5-13(3-4-26-17)16-9-28-30(10-16)11-19(31)29-18-2-1-14(8-27-18)15-6-24-12-25-7-15/h1-10,12H,11H2,(H,27,29,31). The van der Waals surface area contributed by atoms with Crippen molar-refractivity contribution in [2.24, 2.45) is 0 Å². The molecule has 0 saturated heterocycles. The number of amides is 1. The summed E-state index contributed by atoms with van der Waals surface area (Å²) in [4.78, 5) is 27.7. The Balaban J connectivity index is 1.40. The zero-order valence-electron chi connectivity index (χ0n) is 15.8. The van der Waals surface area contributed by atoms with E-state index in [2.05, 4.69) is 30.4 Å². The van der Waals surface area contributed by atoms with Crippen molar-refractivity contribution in [2.45, 2.75) is 12.7 Å². The van der Waals surface area contributed by atoms with Crippen LogP contribution in [0.25, 0.3) is 22.3 Å². The molecule has 0 aliphatic rings. The van der Waals surface area contributed by atoms with E-state index in [9.17, 15) is 18.0 Å². The first-order valence-electron chi connectivity index (χ1n) is 8.96. The van der Waals surface area contributed by atoms with E-state index in [4.69, 9.17) is 0 Å².